The van der Waals surface area contributed by atoms with E-state index >= 15 is 0 Å². The van der Waals surface area contributed by atoms with Gasteiger partial charge in [0.05, 0.1) is 28.4 Å². The van der Waals surface area contributed by atoms with Crippen LogP contribution in [0.15, 0.2) is 36.4 Å². The molecule has 2 aromatic rings. The molecule has 0 amide bonds. The molecule has 0 unspecified atom stereocenters. The Morgan fingerprint density at radius 2 is 1.52 bits per heavy atom. The van der Waals surface area contributed by atoms with Crippen molar-refractivity contribution in [1.82, 2.24) is 0 Å². The zero-order chi connectivity index (χ0) is 16.8. The third kappa shape index (κ3) is 3.74. The number of rotatable bonds is 7. The highest BCUT2D eigenvalue weighted by Gasteiger charge is 2.14. The van der Waals surface area contributed by atoms with Crippen molar-refractivity contribution in [3.05, 3.63) is 47.5 Å². The normalized spacial score (nSPS) is 10.1. The van der Waals surface area contributed by atoms with Crippen molar-refractivity contribution < 1.29 is 18.9 Å². The Balaban J connectivity index is 2.30. The molecule has 0 aliphatic heterocycles. The summed E-state index contributed by atoms with van der Waals surface area (Å²) >= 11 is 0. The lowest BCUT2D eigenvalue weighted by atomic mass is 10.0. The maximum atomic E-state index is 8.32. The topological polar surface area (TPSA) is 60.8 Å². The maximum absolute atomic E-state index is 8.32. The van der Waals surface area contributed by atoms with Gasteiger partial charge in [-0.1, -0.05) is 12.1 Å². The molecule has 0 bridgehead atoms. The summed E-state index contributed by atoms with van der Waals surface area (Å²) in [6.45, 7) is 0. The SMILES string of the molecule is COc1cccc(C(=N)Cc2cc(OC)c(OC)c(OC)c2)c1. The van der Waals surface area contributed by atoms with Crippen molar-refractivity contribution in [1.29, 1.82) is 5.41 Å². The Hall–Kier alpha value is -2.69. The lowest BCUT2D eigenvalue weighted by Gasteiger charge is -2.14. The van der Waals surface area contributed by atoms with Crippen molar-refractivity contribution in [2.75, 3.05) is 28.4 Å². The summed E-state index contributed by atoms with van der Waals surface area (Å²) in [4.78, 5) is 0. The molecule has 0 radical (unpaired) electrons. The predicted molar refractivity (Wildman–Crippen MR) is 89.6 cm³/mol. The van der Waals surface area contributed by atoms with Crippen LogP contribution in [0.5, 0.6) is 23.0 Å². The van der Waals surface area contributed by atoms with E-state index in [1.54, 1.807) is 28.4 Å². The number of ether oxygens (including phenoxy) is 4. The van der Waals surface area contributed by atoms with Gasteiger partial charge < -0.3 is 24.4 Å². The standard InChI is InChI=1S/C18H21NO4/c1-20-14-7-5-6-13(11-14)15(19)8-12-9-16(21-2)18(23-4)17(10-12)22-3/h5-7,9-11,19H,8H2,1-4H3. The molecule has 5 nitrogen and oxygen atoms in total. The summed E-state index contributed by atoms with van der Waals surface area (Å²) in [5, 5.41) is 8.32. The minimum atomic E-state index is 0.448. The second-order valence-electron chi connectivity index (χ2n) is 4.92. The zero-order valence-corrected chi connectivity index (χ0v) is 13.8. The molecular formula is C18H21NO4. The molecular weight excluding hydrogens is 294 g/mol. The first-order valence-corrected chi connectivity index (χ1v) is 7.13. The minimum Gasteiger partial charge on any atom is -0.497 e. The molecule has 0 aliphatic rings. The van der Waals surface area contributed by atoms with Crippen molar-refractivity contribution >= 4 is 5.71 Å². The average molecular weight is 315 g/mol. The first-order chi connectivity index (χ1) is 11.1. The van der Waals surface area contributed by atoms with Gasteiger partial charge in [0.25, 0.3) is 0 Å². The Morgan fingerprint density at radius 3 is 2.04 bits per heavy atom. The van der Waals surface area contributed by atoms with Crippen LogP contribution in [-0.4, -0.2) is 34.2 Å². The first-order valence-electron chi connectivity index (χ1n) is 7.13. The fraction of sp³-hybridized carbons (Fsp3) is 0.278. The van der Waals surface area contributed by atoms with Crippen LogP contribution in [-0.2, 0) is 6.42 Å². The molecule has 23 heavy (non-hydrogen) atoms. The third-order valence-corrected chi connectivity index (χ3v) is 3.52. The molecule has 0 atom stereocenters. The molecule has 0 saturated heterocycles. The van der Waals surface area contributed by atoms with Crippen molar-refractivity contribution in [2.45, 2.75) is 6.42 Å². The van der Waals surface area contributed by atoms with E-state index in [0.717, 1.165) is 16.9 Å². The molecule has 2 aromatic carbocycles. The van der Waals surface area contributed by atoms with Gasteiger partial charge in [0.15, 0.2) is 11.5 Å². The molecule has 0 aliphatic carbocycles. The molecule has 0 heterocycles. The summed E-state index contributed by atoms with van der Waals surface area (Å²) in [5.74, 6) is 2.45. The van der Waals surface area contributed by atoms with E-state index in [9.17, 15) is 0 Å². The fourth-order valence-electron chi connectivity index (χ4n) is 2.35. The quantitative estimate of drug-likeness (QED) is 0.796. The van der Waals surface area contributed by atoms with E-state index in [4.69, 9.17) is 24.4 Å². The Kier molecular flexibility index (Phi) is 5.46. The van der Waals surface area contributed by atoms with Gasteiger partial charge in [-0.25, -0.2) is 0 Å². The molecule has 5 heteroatoms. The summed E-state index contributed by atoms with van der Waals surface area (Å²) in [5.41, 5.74) is 2.21. The molecule has 0 fully saturated rings. The van der Waals surface area contributed by atoms with Gasteiger partial charge in [0, 0.05) is 12.1 Å². The molecule has 0 aromatic heterocycles. The van der Waals surface area contributed by atoms with Crippen molar-refractivity contribution in [2.24, 2.45) is 0 Å². The Morgan fingerprint density at radius 1 is 0.870 bits per heavy atom. The largest absolute Gasteiger partial charge is 0.497 e. The van der Waals surface area contributed by atoms with Crippen LogP contribution >= 0.6 is 0 Å². The van der Waals surface area contributed by atoms with Gasteiger partial charge in [-0.2, -0.15) is 0 Å². The van der Waals surface area contributed by atoms with Gasteiger partial charge in [-0.3, -0.25) is 0 Å². The second kappa shape index (κ2) is 7.54. The molecule has 1 N–H and O–H groups in total. The maximum Gasteiger partial charge on any atom is 0.203 e. The fourth-order valence-corrected chi connectivity index (χ4v) is 2.35. The molecule has 0 spiro atoms. The van der Waals surface area contributed by atoms with Crippen LogP contribution in [0, 0.1) is 5.41 Å². The van der Waals surface area contributed by atoms with Crippen LogP contribution in [0.2, 0.25) is 0 Å². The second-order valence-corrected chi connectivity index (χ2v) is 4.92. The summed E-state index contributed by atoms with van der Waals surface area (Å²) < 4.78 is 21.2. The van der Waals surface area contributed by atoms with Gasteiger partial charge in [-0.05, 0) is 35.4 Å². The Bertz CT molecular complexity index is 672. The number of methoxy groups -OCH3 is 4. The first kappa shape index (κ1) is 16.7. The van der Waals surface area contributed by atoms with Gasteiger partial charge in [0.1, 0.15) is 5.75 Å². The van der Waals surface area contributed by atoms with Crippen LogP contribution in [0.25, 0.3) is 0 Å². The average Bonchev–Trinajstić information content (AvgIpc) is 2.60. The number of nitrogens with one attached hydrogen (secondary N) is 1. The van der Waals surface area contributed by atoms with Gasteiger partial charge in [0.2, 0.25) is 5.75 Å². The molecule has 2 rings (SSSR count). The molecule has 0 saturated carbocycles. The Labute approximate surface area is 136 Å². The van der Waals surface area contributed by atoms with E-state index in [1.165, 1.54) is 0 Å². The monoisotopic (exact) mass is 315 g/mol. The summed E-state index contributed by atoms with van der Waals surface area (Å²) in [6.07, 6.45) is 0.448. The zero-order valence-electron chi connectivity index (χ0n) is 13.8. The number of hydrogen-bond donors (Lipinski definition) is 1. The van der Waals surface area contributed by atoms with Gasteiger partial charge >= 0.3 is 0 Å². The predicted octanol–water partition coefficient (Wildman–Crippen LogP) is 3.33. The van der Waals surface area contributed by atoms with Crippen molar-refractivity contribution in [3.63, 3.8) is 0 Å². The lowest BCUT2D eigenvalue weighted by molar-refractivity contribution is 0.324. The minimum absolute atomic E-state index is 0.448. The third-order valence-electron chi connectivity index (χ3n) is 3.52. The number of benzene rings is 2. The van der Waals surface area contributed by atoms with Crippen LogP contribution in [0.3, 0.4) is 0 Å². The molecule has 122 valence electrons. The van der Waals surface area contributed by atoms with E-state index in [0.29, 0.717) is 29.4 Å². The van der Waals surface area contributed by atoms with E-state index < -0.39 is 0 Å². The van der Waals surface area contributed by atoms with Gasteiger partial charge in [-0.15, -0.1) is 0 Å². The number of hydrogen-bond acceptors (Lipinski definition) is 5. The highest BCUT2D eigenvalue weighted by atomic mass is 16.5. The van der Waals surface area contributed by atoms with Crippen LogP contribution in [0.4, 0.5) is 0 Å². The van der Waals surface area contributed by atoms with Crippen LogP contribution in [0.1, 0.15) is 11.1 Å². The van der Waals surface area contributed by atoms with E-state index in [2.05, 4.69) is 0 Å². The smallest absolute Gasteiger partial charge is 0.203 e. The lowest BCUT2D eigenvalue weighted by Crippen LogP contribution is -2.05. The van der Waals surface area contributed by atoms with Crippen molar-refractivity contribution in [3.8, 4) is 23.0 Å². The highest BCUT2D eigenvalue weighted by molar-refractivity contribution is 6.00. The summed E-state index contributed by atoms with van der Waals surface area (Å²) in [6, 6.07) is 11.2. The van der Waals surface area contributed by atoms with Crippen LogP contribution < -0.4 is 18.9 Å². The summed E-state index contributed by atoms with van der Waals surface area (Å²) in [7, 11) is 6.34. The highest BCUT2D eigenvalue weighted by Crippen LogP contribution is 2.38. The van der Waals surface area contributed by atoms with E-state index in [-0.39, 0.29) is 0 Å². The van der Waals surface area contributed by atoms with E-state index in [1.807, 2.05) is 36.4 Å².